The van der Waals surface area contributed by atoms with E-state index in [1.165, 1.54) is 0 Å². The van der Waals surface area contributed by atoms with Crippen molar-refractivity contribution in [1.82, 2.24) is 24.9 Å². The predicted molar refractivity (Wildman–Crippen MR) is 102 cm³/mol. The number of aromatic amines is 1. The Balaban J connectivity index is 1.49. The van der Waals surface area contributed by atoms with Gasteiger partial charge in [-0.25, -0.2) is 0 Å². The molecule has 2 aliphatic heterocycles. The third-order valence-electron chi connectivity index (χ3n) is 5.46. The maximum Gasteiger partial charge on any atom is 0.274 e. The van der Waals surface area contributed by atoms with Gasteiger partial charge in [0.25, 0.3) is 11.8 Å². The lowest BCUT2D eigenvalue weighted by Crippen LogP contribution is -2.50. The summed E-state index contributed by atoms with van der Waals surface area (Å²) in [7, 11) is 0. The molecule has 3 amide bonds. The van der Waals surface area contributed by atoms with Crippen molar-refractivity contribution in [1.29, 1.82) is 0 Å². The van der Waals surface area contributed by atoms with Gasteiger partial charge in [-0.15, -0.1) is 0 Å². The van der Waals surface area contributed by atoms with E-state index in [9.17, 15) is 14.4 Å². The number of carbonyl (C=O) groups excluding carboxylic acids is 3. The normalized spacial score (nSPS) is 16.7. The largest absolute Gasteiger partial charge is 0.339 e. The van der Waals surface area contributed by atoms with Gasteiger partial charge in [-0.1, -0.05) is 18.2 Å². The number of rotatable bonds is 2. The van der Waals surface area contributed by atoms with E-state index in [1.54, 1.807) is 33.8 Å². The van der Waals surface area contributed by atoms with Crippen LogP contribution in [0.5, 0.6) is 0 Å². The van der Waals surface area contributed by atoms with E-state index < -0.39 is 0 Å². The van der Waals surface area contributed by atoms with Crippen LogP contribution in [0.2, 0.25) is 0 Å². The molecular formula is C20H23N5O3. The van der Waals surface area contributed by atoms with Crippen molar-refractivity contribution < 1.29 is 14.4 Å². The minimum Gasteiger partial charge on any atom is -0.339 e. The summed E-state index contributed by atoms with van der Waals surface area (Å²) >= 11 is 0. The van der Waals surface area contributed by atoms with Crippen molar-refractivity contribution in [3.8, 4) is 0 Å². The molecule has 1 fully saturated rings. The number of nitrogens with zero attached hydrogens (tertiary/aromatic N) is 4. The highest BCUT2D eigenvalue weighted by atomic mass is 16.2. The second-order valence-corrected chi connectivity index (χ2v) is 7.17. The topological polar surface area (TPSA) is 89.6 Å². The number of benzene rings is 1. The Morgan fingerprint density at radius 2 is 1.57 bits per heavy atom. The lowest BCUT2D eigenvalue weighted by atomic mass is 10.0. The van der Waals surface area contributed by atoms with Gasteiger partial charge in [0.2, 0.25) is 5.91 Å². The maximum atomic E-state index is 13.0. The first-order valence-electron chi connectivity index (χ1n) is 9.50. The number of carbonyl (C=O) groups is 3. The smallest absolute Gasteiger partial charge is 0.274 e. The minimum absolute atomic E-state index is 0.0271. The summed E-state index contributed by atoms with van der Waals surface area (Å²) in [5.41, 5.74) is 2.75. The third kappa shape index (κ3) is 3.37. The van der Waals surface area contributed by atoms with Gasteiger partial charge in [0.05, 0.1) is 6.54 Å². The van der Waals surface area contributed by atoms with Crippen LogP contribution in [-0.2, 0) is 17.8 Å². The van der Waals surface area contributed by atoms with Crippen molar-refractivity contribution in [3.63, 3.8) is 0 Å². The fraction of sp³-hybridized carbons (Fsp3) is 0.400. The molecule has 0 aliphatic carbocycles. The third-order valence-corrected chi connectivity index (χ3v) is 5.46. The van der Waals surface area contributed by atoms with E-state index in [0.29, 0.717) is 56.9 Å². The SMILES string of the molecule is CC(=O)N1CCN(C(=O)c2n[nH]c3c2CN(C(=O)c2ccccc2)CC3)CC1. The molecule has 2 aromatic rings. The molecule has 1 N–H and O–H groups in total. The van der Waals surface area contributed by atoms with Gasteiger partial charge in [0.15, 0.2) is 5.69 Å². The molecule has 0 bridgehead atoms. The highest BCUT2D eigenvalue weighted by Gasteiger charge is 2.31. The number of amides is 3. The predicted octanol–water partition coefficient (Wildman–Crippen LogP) is 0.912. The summed E-state index contributed by atoms with van der Waals surface area (Å²) in [6.07, 6.45) is 0.645. The van der Waals surface area contributed by atoms with E-state index in [1.807, 2.05) is 18.2 Å². The first-order chi connectivity index (χ1) is 13.5. The summed E-state index contributed by atoms with van der Waals surface area (Å²) in [6, 6.07) is 9.16. The molecule has 2 aliphatic rings. The Morgan fingerprint density at radius 3 is 2.25 bits per heavy atom. The Hall–Kier alpha value is -3.16. The van der Waals surface area contributed by atoms with Crippen LogP contribution in [0.1, 0.15) is 39.0 Å². The van der Waals surface area contributed by atoms with Crippen LogP contribution in [-0.4, -0.2) is 75.3 Å². The van der Waals surface area contributed by atoms with E-state index in [2.05, 4.69) is 10.2 Å². The zero-order chi connectivity index (χ0) is 19.7. The molecule has 8 heteroatoms. The van der Waals surface area contributed by atoms with Crippen LogP contribution < -0.4 is 0 Å². The Morgan fingerprint density at radius 1 is 0.893 bits per heavy atom. The van der Waals surface area contributed by atoms with Crippen LogP contribution in [0.15, 0.2) is 30.3 Å². The highest BCUT2D eigenvalue weighted by molar-refractivity contribution is 5.96. The molecule has 0 unspecified atom stereocenters. The number of aromatic nitrogens is 2. The van der Waals surface area contributed by atoms with Crippen LogP contribution >= 0.6 is 0 Å². The minimum atomic E-state index is -0.144. The number of fused-ring (bicyclic) bond motifs is 1. The van der Waals surface area contributed by atoms with Crippen molar-refractivity contribution >= 4 is 17.7 Å². The summed E-state index contributed by atoms with van der Waals surface area (Å²) in [4.78, 5) is 42.5. The van der Waals surface area contributed by atoms with E-state index in [-0.39, 0.29) is 17.7 Å². The van der Waals surface area contributed by atoms with Crippen molar-refractivity contribution in [2.45, 2.75) is 19.9 Å². The molecule has 4 rings (SSSR count). The summed E-state index contributed by atoms with van der Waals surface area (Å²) in [5.74, 6) is -0.157. The van der Waals surface area contributed by atoms with Crippen molar-refractivity contribution in [2.24, 2.45) is 0 Å². The average molecular weight is 381 g/mol. The molecule has 0 saturated carbocycles. The van der Waals surface area contributed by atoms with Crippen molar-refractivity contribution in [3.05, 3.63) is 52.8 Å². The summed E-state index contributed by atoms with van der Waals surface area (Å²) in [6.45, 7) is 4.56. The van der Waals surface area contributed by atoms with Gasteiger partial charge in [-0.3, -0.25) is 19.5 Å². The van der Waals surface area contributed by atoms with Crippen LogP contribution in [0.25, 0.3) is 0 Å². The molecule has 146 valence electrons. The fourth-order valence-electron chi connectivity index (χ4n) is 3.78. The molecule has 1 aromatic carbocycles. The highest BCUT2D eigenvalue weighted by Crippen LogP contribution is 2.23. The molecule has 0 spiro atoms. The van der Waals surface area contributed by atoms with E-state index in [0.717, 1.165) is 11.3 Å². The van der Waals surface area contributed by atoms with Gasteiger partial charge in [0, 0.05) is 62.9 Å². The Labute approximate surface area is 163 Å². The molecule has 8 nitrogen and oxygen atoms in total. The molecular weight excluding hydrogens is 358 g/mol. The van der Waals surface area contributed by atoms with Gasteiger partial charge in [-0.2, -0.15) is 5.10 Å². The Bertz CT molecular complexity index is 900. The standard InChI is InChI=1S/C20H23N5O3/c1-14(26)23-9-11-24(12-10-23)20(28)18-16-13-25(8-7-17(16)21-22-18)19(27)15-5-3-2-4-6-15/h2-6H,7-13H2,1H3,(H,21,22). The molecule has 1 aromatic heterocycles. The van der Waals surface area contributed by atoms with Crippen molar-refractivity contribution in [2.75, 3.05) is 32.7 Å². The average Bonchev–Trinajstić information content (AvgIpc) is 3.16. The number of nitrogens with one attached hydrogen (secondary N) is 1. The zero-order valence-electron chi connectivity index (χ0n) is 15.9. The van der Waals surface area contributed by atoms with Gasteiger partial charge < -0.3 is 14.7 Å². The van der Waals surface area contributed by atoms with E-state index in [4.69, 9.17) is 0 Å². The maximum absolute atomic E-state index is 13.0. The monoisotopic (exact) mass is 381 g/mol. The van der Waals surface area contributed by atoms with Gasteiger partial charge >= 0.3 is 0 Å². The number of piperazine rings is 1. The van der Waals surface area contributed by atoms with Gasteiger partial charge in [-0.05, 0) is 12.1 Å². The second-order valence-electron chi connectivity index (χ2n) is 7.17. The van der Waals surface area contributed by atoms with Crippen LogP contribution in [0.4, 0.5) is 0 Å². The molecule has 3 heterocycles. The van der Waals surface area contributed by atoms with Gasteiger partial charge in [0.1, 0.15) is 0 Å². The number of hydrogen-bond acceptors (Lipinski definition) is 4. The molecule has 0 atom stereocenters. The quantitative estimate of drug-likeness (QED) is 0.837. The lowest BCUT2D eigenvalue weighted by Gasteiger charge is -2.34. The summed E-state index contributed by atoms with van der Waals surface area (Å²) < 4.78 is 0. The molecule has 1 saturated heterocycles. The Kier molecular flexibility index (Phi) is 4.85. The fourth-order valence-corrected chi connectivity index (χ4v) is 3.78. The molecule has 28 heavy (non-hydrogen) atoms. The second kappa shape index (κ2) is 7.46. The summed E-state index contributed by atoms with van der Waals surface area (Å²) in [5, 5.41) is 7.23. The molecule has 0 radical (unpaired) electrons. The van der Waals surface area contributed by atoms with Crippen LogP contribution in [0.3, 0.4) is 0 Å². The first-order valence-corrected chi connectivity index (χ1v) is 9.50. The van der Waals surface area contributed by atoms with Crippen LogP contribution in [0, 0.1) is 0 Å². The lowest BCUT2D eigenvalue weighted by molar-refractivity contribution is -0.130. The van der Waals surface area contributed by atoms with E-state index >= 15 is 0 Å². The zero-order valence-corrected chi connectivity index (χ0v) is 15.9. The number of H-pyrrole nitrogens is 1. The first kappa shape index (κ1) is 18.2. The number of hydrogen-bond donors (Lipinski definition) is 1.